The molecular weight excluding hydrogens is 491 g/mol. The van der Waals surface area contributed by atoms with Gasteiger partial charge in [-0.2, -0.15) is 0 Å². The number of amides is 1. The maximum absolute atomic E-state index is 12.1. The number of carbonyl (C=O) groups is 1. The second-order valence-electron chi connectivity index (χ2n) is 7.57. The monoisotopic (exact) mass is 524 g/mol. The van der Waals surface area contributed by atoms with Crippen LogP contribution in [0.25, 0.3) is 0 Å². The average molecular weight is 524 g/mol. The first-order valence-electron chi connectivity index (χ1n) is 10.0. The summed E-state index contributed by atoms with van der Waals surface area (Å²) in [5.41, 5.74) is 1.42. The largest absolute Gasteiger partial charge is 0.488 e. The maximum Gasteiger partial charge on any atom is 0.251 e. The summed E-state index contributed by atoms with van der Waals surface area (Å²) in [6.45, 7) is 10.4. The van der Waals surface area contributed by atoms with E-state index >= 15 is 0 Å². The van der Waals surface area contributed by atoms with Gasteiger partial charge in [0.2, 0.25) is 0 Å². The standard InChI is InChI=1S/C23H32N4O2.HI/c1-5-24-22(26-16-15-25-21(28)18-11-7-6-8-12-18)27-17-19-13-9-10-14-20(19)29-23(2,3)4;/h6-14H,5,15-17H2,1-4H3,(H,25,28)(H2,24,26,27);1H. The number of aliphatic imine (C=N–C) groups is 1. The van der Waals surface area contributed by atoms with Crippen LogP contribution in [0.2, 0.25) is 0 Å². The summed E-state index contributed by atoms with van der Waals surface area (Å²) < 4.78 is 6.03. The van der Waals surface area contributed by atoms with Crippen LogP contribution in [-0.2, 0) is 6.54 Å². The van der Waals surface area contributed by atoms with Crippen molar-refractivity contribution in [3.05, 3.63) is 65.7 Å². The minimum atomic E-state index is -0.264. The number of nitrogens with one attached hydrogen (secondary N) is 3. The fourth-order valence-electron chi connectivity index (χ4n) is 2.62. The van der Waals surface area contributed by atoms with E-state index in [1.54, 1.807) is 12.1 Å². The molecule has 164 valence electrons. The first-order chi connectivity index (χ1) is 13.9. The van der Waals surface area contributed by atoms with Crippen molar-refractivity contribution in [1.29, 1.82) is 0 Å². The van der Waals surface area contributed by atoms with Crippen molar-refractivity contribution in [3.63, 3.8) is 0 Å². The molecule has 2 aromatic rings. The highest BCUT2D eigenvalue weighted by molar-refractivity contribution is 14.0. The zero-order valence-electron chi connectivity index (χ0n) is 18.2. The molecule has 2 rings (SSSR count). The molecule has 0 radical (unpaired) electrons. The van der Waals surface area contributed by atoms with E-state index in [2.05, 4.69) is 20.9 Å². The highest BCUT2D eigenvalue weighted by atomic mass is 127. The number of halogens is 1. The Labute approximate surface area is 196 Å². The summed E-state index contributed by atoms with van der Waals surface area (Å²) in [5, 5.41) is 9.38. The van der Waals surface area contributed by atoms with Gasteiger partial charge in [-0.25, -0.2) is 4.99 Å². The van der Waals surface area contributed by atoms with E-state index in [-0.39, 0.29) is 35.5 Å². The summed E-state index contributed by atoms with van der Waals surface area (Å²) in [6.07, 6.45) is 0. The lowest BCUT2D eigenvalue weighted by atomic mass is 10.1. The molecule has 0 atom stereocenters. The van der Waals surface area contributed by atoms with Gasteiger partial charge in [-0.3, -0.25) is 4.79 Å². The Hall–Kier alpha value is -2.29. The maximum atomic E-state index is 12.1. The molecule has 0 aliphatic heterocycles. The molecule has 0 bridgehead atoms. The molecular formula is C23H33IN4O2. The zero-order valence-corrected chi connectivity index (χ0v) is 20.5. The van der Waals surface area contributed by atoms with Crippen molar-refractivity contribution in [2.45, 2.75) is 39.8 Å². The highest BCUT2D eigenvalue weighted by Gasteiger charge is 2.14. The van der Waals surface area contributed by atoms with Crippen LogP contribution in [0.4, 0.5) is 0 Å². The number of rotatable bonds is 8. The Bertz CT molecular complexity index is 804. The highest BCUT2D eigenvalue weighted by Crippen LogP contribution is 2.23. The van der Waals surface area contributed by atoms with Gasteiger partial charge in [0, 0.05) is 30.8 Å². The first kappa shape index (κ1) is 25.7. The molecule has 1 amide bonds. The summed E-state index contributed by atoms with van der Waals surface area (Å²) in [4.78, 5) is 16.7. The number of guanidine groups is 1. The van der Waals surface area contributed by atoms with E-state index in [1.165, 1.54) is 0 Å². The molecule has 0 aliphatic carbocycles. The fourth-order valence-corrected chi connectivity index (χ4v) is 2.62. The van der Waals surface area contributed by atoms with Crippen LogP contribution in [0.5, 0.6) is 5.75 Å². The lowest BCUT2D eigenvalue weighted by Crippen LogP contribution is -2.41. The summed E-state index contributed by atoms with van der Waals surface area (Å²) >= 11 is 0. The molecule has 0 saturated heterocycles. The molecule has 2 aromatic carbocycles. The van der Waals surface area contributed by atoms with E-state index in [0.717, 1.165) is 17.9 Å². The summed E-state index contributed by atoms with van der Waals surface area (Å²) in [5.74, 6) is 1.46. The molecule has 7 heteroatoms. The Morgan fingerprint density at radius 2 is 1.57 bits per heavy atom. The van der Waals surface area contributed by atoms with Gasteiger partial charge in [0.05, 0.1) is 6.54 Å². The van der Waals surface area contributed by atoms with Crippen LogP contribution in [0, 0.1) is 0 Å². The van der Waals surface area contributed by atoms with Crippen molar-refractivity contribution in [3.8, 4) is 5.75 Å². The molecule has 0 aliphatic rings. The van der Waals surface area contributed by atoms with E-state index in [9.17, 15) is 4.79 Å². The van der Waals surface area contributed by atoms with E-state index in [1.807, 2.05) is 70.2 Å². The number of hydrogen-bond donors (Lipinski definition) is 3. The molecule has 0 fully saturated rings. The SMILES string of the molecule is CCNC(=NCc1ccccc1OC(C)(C)C)NCCNC(=O)c1ccccc1.I. The molecule has 0 unspecified atom stereocenters. The Morgan fingerprint density at radius 3 is 2.23 bits per heavy atom. The normalized spacial score (nSPS) is 11.3. The van der Waals surface area contributed by atoms with Gasteiger partial charge in [-0.1, -0.05) is 36.4 Å². The quantitative estimate of drug-likeness (QED) is 0.212. The number of hydrogen-bond acceptors (Lipinski definition) is 3. The molecule has 30 heavy (non-hydrogen) atoms. The Balaban J connectivity index is 0.00000450. The Kier molecular flexibility index (Phi) is 11.2. The minimum absolute atomic E-state index is 0. The van der Waals surface area contributed by atoms with Crippen molar-refractivity contribution in [1.82, 2.24) is 16.0 Å². The predicted molar refractivity (Wildman–Crippen MR) is 134 cm³/mol. The van der Waals surface area contributed by atoms with Crippen molar-refractivity contribution >= 4 is 35.8 Å². The van der Waals surface area contributed by atoms with Gasteiger partial charge in [-0.15, -0.1) is 24.0 Å². The number of ether oxygens (including phenoxy) is 1. The van der Waals surface area contributed by atoms with Gasteiger partial charge in [0.25, 0.3) is 5.91 Å². The van der Waals surface area contributed by atoms with E-state index in [4.69, 9.17) is 4.74 Å². The van der Waals surface area contributed by atoms with Gasteiger partial charge >= 0.3 is 0 Å². The smallest absolute Gasteiger partial charge is 0.251 e. The molecule has 0 aromatic heterocycles. The molecule has 6 nitrogen and oxygen atoms in total. The third-order valence-electron chi connectivity index (χ3n) is 3.88. The van der Waals surface area contributed by atoms with Crippen LogP contribution < -0.4 is 20.7 Å². The lowest BCUT2D eigenvalue weighted by molar-refractivity contribution is 0.0954. The van der Waals surface area contributed by atoms with E-state index < -0.39 is 0 Å². The van der Waals surface area contributed by atoms with Crippen molar-refractivity contribution < 1.29 is 9.53 Å². The number of carbonyl (C=O) groups excluding carboxylic acids is 1. The molecule has 0 spiro atoms. The molecule has 0 saturated carbocycles. The minimum Gasteiger partial charge on any atom is -0.488 e. The van der Waals surface area contributed by atoms with Gasteiger partial charge in [0.15, 0.2) is 5.96 Å². The second kappa shape index (κ2) is 13.1. The van der Waals surface area contributed by atoms with Crippen LogP contribution in [0.1, 0.15) is 43.6 Å². The van der Waals surface area contributed by atoms with Gasteiger partial charge in [0.1, 0.15) is 11.4 Å². The van der Waals surface area contributed by atoms with Crippen molar-refractivity contribution in [2.75, 3.05) is 19.6 Å². The van der Waals surface area contributed by atoms with Gasteiger partial charge < -0.3 is 20.7 Å². The zero-order chi connectivity index (χ0) is 21.1. The molecule has 0 heterocycles. The summed E-state index contributed by atoms with van der Waals surface area (Å²) in [6, 6.07) is 17.1. The average Bonchev–Trinajstić information content (AvgIpc) is 2.69. The van der Waals surface area contributed by atoms with E-state index in [0.29, 0.717) is 31.2 Å². The predicted octanol–water partition coefficient (Wildman–Crippen LogP) is 3.97. The second-order valence-corrected chi connectivity index (χ2v) is 7.57. The van der Waals surface area contributed by atoms with Gasteiger partial charge in [-0.05, 0) is 45.9 Å². The summed E-state index contributed by atoms with van der Waals surface area (Å²) in [7, 11) is 0. The number of para-hydroxylation sites is 1. The topological polar surface area (TPSA) is 74.8 Å². The third kappa shape index (κ3) is 9.47. The van der Waals surface area contributed by atoms with Crippen molar-refractivity contribution in [2.24, 2.45) is 4.99 Å². The number of benzene rings is 2. The molecule has 3 N–H and O–H groups in total. The fraction of sp³-hybridized carbons (Fsp3) is 0.391. The third-order valence-corrected chi connectivity index (χ3v) is 3.88. The lowest BCUT2D eigenvalue weighted by Gasteiger charge is -2.23. The van der Waals surface area contributed by atoms with Crippen LogP contribution in [0.3, 0.4) is 0 Å². The first-order valence-corrected chi connectivity index (χ1v) is 10.0. The Morgan fingerprint density at radius 1 is 0.933 bits per heavy atom. The van der Waals surface area contributed by atoms with Crippen LogP contribution >= 0.6 is 24.0 Å². The van der Waals surface area contributed by atoms with Crippen LogP contribution in [-0.4, -0.2) is 37.1 Å². The van der Waals surface area contributed by atoms with Crippen LogP contribution in [0.15, 0.2) is 59.6 Å². The number of nitrogens with zero attached hydrogens (tertiary/aromatic N) is 1.